The Morgan fingerprint density at radius 3 is 2.48 bits per heavy atom. The summed E-state index contributed by atoms with van der Waals surface area (Å²) in [5.41, 5.74) is 1.22. The number of hydrogen-bond donors (Lipinski definition) is 0. The molecule has 0 radical (unpaired) electrons. The summed E-state index contributed by atoms with van der Waals surface area (Å²) in [7, 11) is 0. The third-order valence-corrected chi connectivity index (χ3v) is 3.55. The van der Waals surface area contributed by atoms with Crippen LogP contribution in [0, 0.1) is 0 Å². The first kappa shape index (κ1) is 13.6. The van der Waals surface area contributed by atoms with Gasteiger partial charge in [0.25, 0.3) is 0 Å². The Kier molecular flexibility index (Phi) is 4.14. The number of ether oxygens (including phenoxy) is 1. The van der Waals surface area contributed by atoms with Crippen molar-refractivity contribution in [3.05, 3.63) is 36.9 Å². The van der Waals surface area contributed by atoms with Crippen molar-refractivity contribution < 1.29 is 4.74 Å². The maximum atomic E-state index is 5.43. The van der Waals surface area contributed by atoms with Crippen molar-refractivity contribution in [2.24, 2.45) is 0 Å². The van der Waals surface area contributed by atoms with Gasteiger partial charge >= 0.3 is 0 Å². The SMILES string of the molecule is CCOc1cc(N2CCN(c3ccncc3)CC2)ncn1. The van der Waals surface area contributed by atoms with Crippen LogP contribution in [0.15, 0.2) is 36.9 Å². The van der Waals surface area contributed by atoms with Gasteiger partial charge in [-0.2, -0.15) is 0 Å². The molecular formula is C15H19N5O. The van der Waals surface area contributed by atoms with Crippen molar-refractivity contribution in [3.63, 3.8) is 0 Å². The minimum Gasteiger partial charge on any atom is -0.478 e. The standard InChI is InChI=1S/C15H19N5O/c1-2-21-15-11-14(17-12-18-15)20-9-7-19(8-10-20)13-3-5-16-6-4-13/h3-6,11-12H,2,7-10H2,1H3. The van der Waals surface area contributed by atoms with Crippen LogP contribution in [0.4, 0.5) is 11.5 Å². The molecule has 0 bridgehead atoms. The van der Waals surface area contributed by atoms with Crippen molar-refractivity contribution in [1.82, 2.24) is 15.0 Å². The molecule has 0 unspecified atom stereocenters. The predicted molar refractivity (Wildman–Crippen MR) is 81.9 cm³/mol. The quantitative estimate of drug-likeness (QED) is 0.850. The van der Waals surface area contributed by atoms with E-state index in [1.54, 1.807) is 6.33 Å². The molecule has 1 aliphatic heterocycles. The number of pyridine rings is 1. The van der Waals surface area contributed by atoms with Gasteiger partial charge in [0.05, 0.1) is 6.61 Å². The van der Waals surface area contributed by atoms with Gasteiger partial charge in [0, 0.05) is 50.3 Å². The average molecular weight is 285 g/mol. The lowest BCUT2D eigenvalue weighted by atomic mass is 10.2. The summed E-state index contributed by atoms with van der Waals surface area (Å²) in [6, 6.07) is 6.01. The van der Waals surface area contributed by atoms with Crippen LogP contribution in [-0.4, -0.2) is 47.7 Å². The van der Waals surface area contributed by atoms with E-state index in [4.69, 9.17) is 4.74 Å². The van der Waals surface area contributed by atoms with Gasteiger partial charge in [0.2, 0.25) is 5.88 Å². The summed E-state index contributed by atoms with van der Waals surface area (Å²) < 4.78 is 5.43. The highest BCUT2D eigenvalue weighted by molar-refractivity contribution is 5.48. The third kappa shape index (κ3) is 3.21. The molecule has 2 aromatic heterocycles. The Bertz CT molecular complexity index is 569. The second-order valence-electron chi connectivity index (χ2n) is 4.83. The Morgan fingerprint density at radius 1 is 1.05 bits per heavy atom. The molecule has 21 heavy (non-hydrogen) atoms. The number of anilines is 2. The molecule has 2 aromatic rings. The summed E-state index contributed by atoms with van der Waals surface area (Å²) in [4.78, 5) is 17.2. The van der Waals surface area contributed by atoms with Gasteiger partial charge in [-0.25, -0.2) is 9.97 Å². The maximum absolute atomic E-state index is 5.43. The van der Waals surface area contributed by atoms with Crippen LogP contribution in [0.25, 0.3) is 0 Å². The molecule has 110 valence electrons. The number of hydrogen-bond acceptors (Lipinski definition) is 6. The third-order valence-electron chi connectivity index (χ3n) is 3.55. The molecule has 3 heterocycles. The average Bonchev–Trinajstić information content (AvgIpc) is 2.56. The van der Waals surface area contributed by atoms with Crippen molar-refractivity contribution >= 4 is 11.5 Å². The Labute approximate surface area is 124 Å². The highest BCUT2D eigenvalue weighted by Gasteiger charge is 2.18. The molecule has 1 saturated heterocycles. The van der Waals surface area contributed by atoms with Crippen molar-refractivity contribution in [2.75, 3.05) is 42.6 Å². The number of piperazine rings is 1. The molecular weight excluding hydrogens is 266 g/mol. The summed E-state index contributed by atoms with van der Waals surface area (Å²) in [6.07, 6.45) is 5.23. The van der Waals surface area contributed by atoms with Gasteiger partial charge in [-0.15, -0.1) is 0 Å². The molecule has 0 aliphatic carbocycles. The zero-order valence-electron chi connectivity index (χ0n) is 12.1. The summed E-state index contributed by atoms with van der Waals surface area (Å²) in [6.45, 7) is 6.38. The fourth-order valence-electron chi connectivity index (χ4n) is 2.48. The lowest BCUT2D eigenvalue weighted by molar-refractivity contribution is 0.326. The molecule has 1 fully saturated rings. The number of rotatable bonds is 4. The summed E-state index contributed by atoms with van der Waals surface area (Å²) in [5, 5.41) is 0. The van der Waals surface area contributed by atoms with Crippen LogP contribution in [0.2, 0.25) is 0 Å². The lowest BCUT2D eigenvalue weighted by Gasteiger charge is -2.36. The molecule has 6 nitrogen and oxygen atoms in total. The van der Waals surface area contributed by atoms with Crippen LogP contribution >= 0.6 is 0 Å². The van der Waals surface area contributed by atoms with Crippen molar-refractivity contribution in [1.29, 1.82) is 0 Å². The largest absolute Gasteiger partial charge is 0.478 e. The normalized spacial score (nSPS) is 15.1. The van der Waals surface area contributed by atoms with Crippen LogP contribution < -0.4 is 14.5 Å². The first-order chi connectivity index (χ1) is 10.4. The van der Waals surface area contributed by atoms with Crippen LogP contribution in [0.1, 0.15) is 6.92 Å². The fourth-order valence-corrected chi connectivity index (χ4v) is 2.48. The molecule has 0 spiro atoms. The minimum absolute atomic E-state index is 0.617. The molecule has 0 saturated carbocycles. The van der Waals surface area contributed by atoms with E-state index in [0.29, 0.717) is 12.5 Å². The molecule has 1 aliphatic rings. The van der Waals surface area contributed by atoms with Gasteiger partial charge in [-0.3, -0.25) is 4.98 Å². The van der Waals surface area contributed by atoms with E-state index in [0.717, 1.165) is 32.0 Å². The van der Waals surface area contributed by atoms with Gasteiger partial charge in [0.15, 0.2) is 0 Å². The molecule has 0 N–H and O–H groups in total. The van der Waals surface area contributed by atoms with E-state index in [2.05, 4.69) is 24.8 Å². The van der Waals surface area contributed by atoms with Crippen LogP contribution in [0.5, 0.6) is 5.88 Å². The zero-order chi connectivity index (χ0) is 14.5. The number of aromatic nitrogens is 3. The van der Waals surface area contributed by atoms with Crippen LogP contribution in [-0.2, 0) is 0 Å². The monoisotopic (exact) mass is 285 g/mol. The topological polar surface area (TPSA) is 54.4 Å². The van der Waals surface area contributed by atoms with E-state index >= 15 is 0 Å². The zero-order valence-corrected chi connectivity index (χ0v) is 12.1. The number of nitrogens with zero attached hydrogens (tertiary/aromatic N) is 5. The molecule has 0 aromatic carbocycles. The van der Waals surface area contributed by atoms with E-state index in [9.17, 15) is 0 Å². The van der Waals surface area contributed by atoms with E-state index in [1.807, 2.05) is 37.5 Å². The first-order valence-corrected chi connectivity index (χ1v) is 7.21. The first-order valence-electron chi connectivity index (χ1n) is 7.21. The highest BCUT2D eigenvalue weighted by atomic mass is 16.5. The molecule has 0 atom stereocenters. The summed E-state index contributed by atoms with van der Waals surface area (Å²) in [5.74, 6) is 1.57. The van der Waals surface area contributed by atoms with Crippen LogP contribution in [0.3, 0.4) is 0 Å². The van der Waals surface area contributed by atoms with E-state index in [-0.39, 0.29) is 0 Å². The second-order valence-corrected chi connectivity index (χ2v) is 4.83. The Balaban J connectivity index is 1.64. The van der Waals surface area contributed by atoms with Gasteiger partial charge in [0.1, 0.15) is 12.1 Å². The second kappa shape index (κ2) is 6.39. The van der Waals surface area contributed by atoms with E-state index < -0.39 is 0 Å². The van der Waals surface area contributed by atoms with E-state index in [1.165, 1.54) is 5.69 Å². The molecule has 3 rings (SSSR count). The smallest absolute Gasteiger partial charge is 0.218 e. The lowest BCUT2D eigenvalue weighted by Crippen LogP contribution is -2.46. The highest BCUT2D eigenvalue weighted by Crippen LogP contribution is 2.20. The van der Waals surface area contributed by atoms with Gasteiger partial charge in [-0.1, -0.05) is 0 Å². The maximum Gasteiger partial charge on any atom is 0.218 e. The Hall–Kier alpha value is -2.37. The van der Waals surface area contributed by atoms with Gasteiger partial charge in [-0.05, 0) is 19.1 Å². The van der Waals surface area contributed by atoms with Gasteiger partial charge < -0.3 is 14.5 Å². The Morgan fingerprint density at radius 2 is 1.76 bits per heavy atom. The van der Waals surface area contributed by atoms with Crippen molar-refractivity contribution in [2.45, 2.75) is 6.92 Å². The predicted octanol–water partition coefficient (Wildman–Crippen LogP) is 1.60. The van der Waals surface area contributed by atoms with Crippen molar-refractivity contribution in [3.8, 4) is 5.88 Å². The fraction of sp³-hybridized carbons (Fsp3) is 0.400. The summed E-state index contributed by atoms with van der Waals surface area (Å²) >= 11 is 0. The molecule has 6 heteroatoms. The minimum atomic E-state index is 0.617. The molecule has 0 amide bonds.